The van der Waals surface area contributed by atoms with Crippen LogP contribution >= 0.6 is 15.9 Å². The van der Waals surface area contributed by atoms with Crippen LogP contribution in [0.25, 0.3) is 0 Å². The van der Waals surface area contributed by atoms with E-state index in [-0.39, 0.29) is 0 Å². The number of halogens is 1. The lowest BCUT2D eigenvalue weighted by molar-refractivity contribution is 0.219. The predicted octanol–water partition coefficient (Wildman–Crippen LogP) is 2.76. The Bertz CT molecular complexity index is 264. The van der Waals surface area contributed by atoms with Gasteiger partial charge in [0.1, 0.15) is 0 Å². The third-order valence-electron chi connectivity index (χ3n) is 2.55. The Kier molecular flexibility index (Phi) is 3.06. The van der Waals surface area contributed by atoms with Crippen LogP contribution in [0.4, 0.5) is 0 Å². The van der Waals surface area contributed by atoms with Gasteiger partial charge in [0.25, 0.3) is 0 Å². The molecule has 3 heteroatoms. The van der Waals surface area contributed by atoms with Gasteiger partial charge in [0, 0.05) is 12.2 Å². The van der Waals surface area contributed by atoms with E-state index < -0.39 is 0 Å². The number of hydrogen-bond donors (Lipinski definition) is 1. The predicted molar refractivity (Wildman–Crippen MR) is 57.6 cm³/mol. The minimum absolute atomic E-state index is 1.08. The van der Waals surface area contributed by atoms with E-state index in [4.69, 9.17) is 0 Å². The van der Waals surface area contributed by atoms with Crippen molar-refractivity contribution in [3.05, 3.63) is 22.4 Å². The molecule has 1 N–H and O–H groups in total. The van der Waals surface area contributed by atoms with E-state index in [0.29, 0.717) is 0 Å². The zero-order valence-corrected chi connectivity index (χ0v) is 9.31. The van der Waals surface area contributed by atoms with Gasteiger partial charge in [-0.15, -0.1) is 0 Å². The fourth-order valence-electron chi connectivity index (χ4n) is 1.86. The number of hydrogen-bond acceptors (Lipinski definition) is 1. The van der Waals surface area contributed by atoms with Crippen LogP contribution in [-0.4, -0.2) is 23.0 Å². The van der Waals surface area contributed by atoms with Crippen LogP contribution in [0.1, 0.15) is 25.0 Å². The molecule has 1 aliphatic heterocycles. The highest BCUT2D eigenvalue weighted by molar-refractivity contribution is 9.10. The fraction of sp³-hybridized carbons (Fsp3) is 0.600. The van der Waals surface area contributed by atoms with Gasteiger partial charge in [0.05, 0.1) is 4.60 Å². The monoisotopic (exact) mass is 242 g/mol. The van der Waals surface area contributed by atoms with Crippen molar-refractivity contribution in [2.45, 2.75) is 25.8 Å². The normalized spacial score (nSPS) is 19.2. The molecule has 1 aromatic heterocycles. The third kappa shape index (κ3) is 2.58. The number of piperidine rings is 1. The first-order valence-corrected chi connectivity index (χ1v) is 5.69. The van der Waals surface area contributed by atoms with E-state index in [1.54, 1.807) is 0 Å². The molecule has 1 aliphatic rings. The molecule has 0 radical (unpaired) electrons. The lowest BCUT2D eigenvalue weighted by atomic mass is 10.1. The lowest BCUT2D eigenvalue weighted by Crippen LogP contribution is -2.29. The molecule has 0 bridgehead atoms. The number of rotatable bonds is 2. The summed E-state index contributed by atoms with van der Waals surface area (Å²) in [6, 6.07) is 4.22. The number of nitrogens with one attached hydrogen (secondary N) is 1. The lowest BCUT2D eigenvalue weighted by Gasteiger charge is -2.25. The summed E-state index contributed by atoms with van der Waals surface area (Å²) >= 11 is 3.42. The second-order valence-electron chi connectivity index (χ2n) is 3.67. The van der Waals surface area contributed by atoms with Gasteiger partial charge in [-0.1, -0.05) is 6.42 Å². The highest BCUT2D eigenvalue weighted by Gasteiger charge is 2.10. The molecule has 1 saturated heterocycles. The van der Waals surface area contributed by atoms with Gasteiger partial charge in [-0.05, 0) is 54.0 Å². The van der Waals surface area contributed by atoms with Crippen LogP contribution in [-0.2, 0) is 6.54 Å². The Morgan fingerprint density at radius 3 is 2.62 bits per heavy atom. The molecule has 2 rings (SSSR count). The van der Waals surface area contributed by atoms with Crippen LogP contribution in [0.2, 0.25) is 0 Å². The van der Waals surface area contributed by atoms with Crippen molar-refractivity contribution < 1.29 is 0 Å². The molecule has 1 fully saturated rings. The van der Waals surface area contributed by atoms with Crippen molar-refractivity contribution in [2.24, 2.45) is 0 Å². The summed E-state index contributed by atoms with van der Waals surface area (Å²) in [4.78, 5) is 5.81. The first-order valence-electron chi connectivity index (χ1n) is 4.90. The molecule has 2 heterocycles. The molecule has 0 spiro atoms. The zero-order chi connectivity index (χ0) is 9.10. The number of H-pyrrole nitrogens is 1. The van der Waals surface area contributed by atoms with Crippen LogP contribution in [0.15, 0.2) is 16.7 Å². The second kappa shape index (κ2) is 4.29. The molecule has 2 nitrogen and oxygen atoms in total. The Labute approximate surface area is 87.5 Å². The highest BCUT2D eigenvalue weighted by Crippen LogP contribution is 2.14. The van der Waals surface area contributed by atoms with E-state index >= 15 is 0 Å². The molecule has 0 aliphatic carbocycles. The van der Waals surface area contributed by atoms with Crippen molar-refractivity contribution in [3.63, 3.8) is 0 Å². The maximum atomic E-state index is 3.42. The number of nitrogens with zero attached hydrogens (tertiary/aromatic N) is 1. The molecule has 1 aromatic rings. The van der Waals surface area contributed by atoms with Crippen LogP contribution in [0.5, 0.6) is 0 Å². The van der Waals surface area contributed by atoms with E-state index in [1.807, 2.05) is 0 Å². The average molecular weight is 243 g/mol. The summed E-state index contributed by atoms with van der Waals surface area (Å²) in [7, 11) is 0. The highest BCUT2D eigenvalue weighted by atomic mass is 79.9. The molecule has 0 aromatic carbocycles. The fourth-order valence-corrected chi connectivity index (χ4v) is 2.25. The SMILES string of the molecule is Brc1ccc(CN2CCCCC2)[nH]1. The maximum absolute atomic E-state index is 3.42. The molecule has 72 valence electrons. The third-order valence-corrected chi connectivity index (χ3v) is 3.02. The van der Waals surface area contributed by atoms with E-state index in [0.717, 1.165) is 11.1 Å². The average Bonchev–Trinajstić information content (AvgIpc) is 2.53. The van der Waals surface area contributed by atoms with Gasteiger partial charge >= 0.3 is 0 Å². The molecule has 0 saturated carbocycles. The molecule has 0 atom stereocenters. The van der Waals surface area contributed by atoms with Crippen LogP contribution < -0.4 is 0 Å². The first kappa shape index (κ1) is 9.28. The Balaban J connectivity index is 1.89. The Morgan fingerprint density at radius 1 is 1.23 bits per heavy atom. The van der Waals surface area contributed by atoms with Crippen molar-refractivity contribution in [3.8, 4) is 0 Å². The van der Waals surface area contributed by atoms with Crippen molar-refractivity contribution >= 4 is 15.9 Å². The van der Waals surface area contributed by atoms with E-state index in [1.165, 1.54) is 38.0 Å². The standard InChI is InChI=1S/C10H15BrN2/c11-10-5-4-9(12-10)8-13-6-2-1-3-7-13/h4-5,12H,1-3,6-8H2. The summed E-state index contributed by atoms with van der Waals surface area (Å²) in [6.07, 6.45) is 4.13. The van der Waals surface area contributed by atoms with Crippen LogP contribution in [0.3, 0.4) is 0 Å². The van der Waals surface area contributed by atoms with Crippen molar-refractivity contribution in [2.75, 3.05) is 13.1 Å². The number of aromatic nitrogens is 1. The second-order valence-corrected chi connectivity index (χ2v) is 4.52. The van der Waals surface area contributed by atoms with Gasteiger partial charge in [0.2, 0.25) is 0 Å². The number of aromatic amines is 1. The summed E-state index contributed by atoms with van der Waals surface area (Å²) < 4.78 is 1.08. The van der Waals surface area contributed by atoms with Crippen LogP contribution in [0, 0.1) is 0 Å². The van der Waals surface area contributed by atoms with Gasteiger partial charge in [-0.3, -0.25) is 4.90 Å². The molecule has 13 heavy (non-hydrogen) atoms. The summed E-state index contributed by atoms with van der Waals surface area (Å²) in [5, 5.41) is 0. The number of likely N-dealkylation sites (tertiary alicyclic amines) is 1. The molecular weight excluding hydrogens is 228 g/mol. The minimum atomic E-state index is 1.08. The largest absolute Gasteiger partial charge is 0.352 e. The van der Waals surface area contributed by atoms with E-state index in [2.05, 4.69) is 37.9 Å². The first-order chi connectivity index (χ1) is 6.34. The Hall–Kier alpha value is -0.280. The maximum Gasteiger partial charge on any atom is 0.0822 e. The van der Waals surface area contributed by atoms with Crippen molar-refractivity contribution in [1.29, 1.82) is 0 Å². The summed E-state index contributed by atoms with van der Waals surface area (Å²) in [5.41, 5.74) is 1.31. The Morgan fingerprint density at radius 2 is 2.00 bits per heavy atom. The van der Waals surface area contributed by atoms with Crippen molar-refractivity contribution in [1.82, 2.24) is 9.88 Å². The van der Waals surface area contributed by atoms with Gasteiger partial charge in [-0.25, -0.2) is 0 Å². The zero-order valence-electron chi connectivity index (χ0n) is 7.72. The molecule has 0 amide bonds. The molecular formula is C10H15BrN2. The van der Waals surface area contributed by atoms with Gasteiger partial charge in [0.15, 0.2) is 0 Å². The minimum Gasteiger partial charge on any atom is -0.352 e. The topological polar surface area (TPSA) is 19.0 Å². The smallest absolute Gasteiger partial charge is 0.0822 e. The van der Waals surface area contributed by atoms with E-state index in [9.17, 15) is 0 Å². The quantitative estimate of drug-likeness (QED) is 0.846. The van der Waals surface area contributed by atoms with Gasteiger partial charge < -0.3 is 4.98 Å². The van der Waals surface area contributed by atoms with Gasteiger partial charge in [-0.2, -0.15) is 0 Å². The summed E-state index contributed by atoms with van der Waals surface area (Å²) in [6.45, 7) is 3.60. The summed E-state index contributed by atoms with van der Waals surface area (Å²) in [5.74, 6) is 0. The molecule has 0 unspecified atom stereocenters.